The lowest BCUT2D eigenvalue weighted by molar-refractivity contribution is -0.139. The van der Waals surface area contributed by atoms with Crippen LogP contribution in [0.5, 0.6) is 11.5 Å². The Morgan fingerprint density at radius 3 is 1.93 bits per heavy atom. The van der Waals surface area contributed by atoms with Crippen molar-refractivity contribution in [1.82, 2.24) is 0 Å². The molecule has 0 radical (unpaired) electrons. The van der Waals surface area contributed by atoms with Crippen molar-refractivity contribution >= 4 is 18.1 Å². The molecule has 0 aliphatic heterocycles. The number of hydrogen-bond donors (Lipinski definition) is 1. The smallest absolute Gasteiger partial charge is 0.341 e. The SMILES string of the molecule is O=C(O)COc1ccccc1/C=C\c1ccccc1OCCCCc1ccccc1. The first-order valence-corrected chi connectivity index (χ1v) is 10.1. The molecule has 0 heterocycles. The maximum atomic E-state index is 10.8. The van der Waals surface area contributed by atoms with Crippen LogP contribution in [-0.4, -0.2) is 24.3 Å². The van der Waals surface area contributed by atoms with Crippen molar-refractivity contribution in [3.63, 3.8) is 0 Å². The Morgan fingerprint density at radius 1 is 0.733 bits per heavy atom. The molecule has 154 valence electrons. The van der Waals surface area contributed by atoms with Crippen LogP contribution in [-0.2, 0) is 11.2 Å². The van der Waals surface area contributed by atoms with Crippen LogP contribution < -0.4 is 9.47 Å². The molecule has 1 N–H and O–H groups in total. The van der Waals surface area contributed by atoms with Gasteiger partial charge in [-0.3, -0.25) is 0 Å². The van der Waals surface area contributed by atoms with Crippen LogP contribution in [0, 0.1) is 0 Å². The van der Waals surface area contributed by atoms with Gasteiger partial charge in [-0.05, 0) is 37.0 Å². The molecule has 3 aromatic rings. The van der Waals surface area contributed by atoms with E-state index < -0.39 is 5.97 Å². The first-order chi connectivity index (χ1) is 14.7. The average Bonchev–Trinajstić information content (AvgIpc) is 2.78. The number of unbranched alkanes of at least 4 members (excludes halogenated alkanes) is 1. The number of aryl methyl sites for hydroxylation is 1. The first kappa shape index (κ1) is 21.2. The average molecular weight is 402 g/mol. The van der Waals surface area contributed by atoms with Gasteiger partial charge in [0.25, 0.3) is 0 Å². The fourth-order valence-corrected chi connectivity index (χ4v) is 3.08. The zero-order valence-corrected chi connectivity index (χ0v) is 16.9. The molecule has 0 saturated carbocycles. The summed E-state index contributed by atoms with van der Waals surface area (Å²) in [6, 6.07) is 25.7. The second-order valence-electron chi connectivity index (χ2n) is 6.88. The van der Waals surface area contributed by atoms with Crippen molar-refractivity contribution < 1.29 is 19.4 Å². The highest BCUT2D eigenvalue weighted by Crippen LogP contribution is 2.24. The summed E-state index contributed by atoms with van der Waals surface area (Å²) >= 11 is 0. The van der Waals surface area contributed by atoms with E-state index >= 15 is 0 Å². The van der Waals surface area contributed by atoms with Crippen molar-refractivity contribution in [3.05, 3.63) is 95.6 Å². The maximum absolute atomic E-state index is 10.8. The van der Waals surface area contributed by atoms with E-state index in [1.807, 2.05) is 60.7 Å². The largest absolute Gasteiger partial charge is 0.493 e. The topological polar surface area (TPSA) is 55.8 Å². The van der Waals surface area contributed by atoms with Gasteiger partial charge in [0.05, 0.1) is 6.61 Å². The summed E-state index contributed by atoms with van der Waals surface area (Å²) in [7, 11) is 0. The van der Waals surface area contributed by atoms with Crippen molar-refractivity contribution in [2.24, 2.45) is 0 Å². The normalized spacial score (nSPS) is 10.8. The monoisotopic (exact) mass is 402 g/mol. The van der Waals surface area contributed by atoms with Crippen molar-refractivity contribution in [1.29, 1.82) is 0 Å². The zero-order valence-electron chi connectivity index (χ0n) is 16.9. The van der Waals surface area contributed by atoms with Gasteiger partial charge in [-0.25, -0.2) is 4.79 Å². The van der Waals surface area contributed by atoms with Crippen LogP contribution in [0.1, 0.15) is 29.5 Å². The molecule has 0 spiro atoms. The third kappa shape index (κ3) is 6.82. The maximum Gasteiger partial charge on any atom is 0.341 e. The summed E-state index contributed by atoms with van der Waals surface area (Å²) in [6.07, 6.45) is 6.99. The quantitative estimate of drug-likeness (QED) is 0.329. The van der Waals surface area contributed by atoms with E-state index in [0.29, 0.717) is 12.4 Å². The second kappa shape index (κ2) is 11.5. The molecule has 0 atom stereocenters. The van der Waals surface area contributed by atoms with E-state index in [2.05, 4.69) is 24.3 Å². The number of carboxylic acid groups (broad SMARTS) is 1. The molecule has 0 fully saturated rings. The Balaban J connectivity index is 1.57. The minimum absolute atomic E-state index is 0.368. The molecule has 4 heteroatoms. The lowest BCUT2D eigenvalue weighted by Gasteiger charge is -2.10. The van der Waals surface area contributed by atoms with Gasteiger partial charge in [-0.15, -0.1) is 0 Å². The van der Waals surface area contributed by atoms with Gasteiger partial charge in [0.15, 0.2) is 6.61 Å². The highest BCUT2D eigenvalue weighted by Gasteiger charge is 2.04. The van der Waals surface area contributed by atoms with E-state index in [1.54, 1.807) is 6.07 Å². The first-order valence-electron chi connectivity index (χ1n) is 10.1. The molecule has 4 nitrogen and oxygen atoms in total. The van der Waals surface area contributed by atoms with Crippen LogP contribution in [0.4, 0.5) is 0 Å². The number of rotatable bonds is 11. The number of ether oxygens (including phenoxy) is 2. The minimum Gasteiger partial charge on any atom is -0.493 e. The van der Waals surface area contributed by atoms with E-state index in [1.165, 1.54) is 5.56 Å². The molecule has 0 bridgehead atoms. The van der Waals surface area contributed by atoms with E-state index in [0.717, 1.165) is 36.1 Å². The number of para-hydroxylation sites is 2. The molecular formula is C26H26O4. The van der Waals surface area contributed by atoms with Crippen LogP contribution in [0.3, 0.4) is 0 Å². The standard InChI is InChI=1S/C26H26O4/c27-26(28)20-30-25-16-7-5-14-23(25)18-17-22-13-4-6-15-24(22)29-19-9-8-12-21-10-2-1-3-11-21/h1-7,10-11,13-18H,8-9,12,19-20H2,(H,27,28)/b18-17-. The summed E-state index contributed by atoms with van der Waals surface area (Å²) in [6.45, 7) is 0.295. The third-order valence-electron chi connectivity index (χ3n) is 4.59. The Morgan fingerprint density at radius 2 is 1.30 bits per heavy atom. The molecule has 30 heavy (non-hydrogen) atoms. The van der Waals surface area contributed by atoms with Crippen LogP contribution in [0.15, 0.2) is 78.9 Å². The Hall–Kier alpha value is -3.53. The minimum atomic E-state index is -1.00. The lowest BCUT2D eigenvalue weighted by atomic mass is 10.1. The third-order valence-corrected chi connectivity index (χ3v) is 4.59. The van der Waals surface area contributed by atoms with E-state index in [4.69, 9.17) is 14.6 Å². The van der Waals surface area contributed by atoms with Gasteiger partial charge in [0.1, 0.15) is 11.5 Å². The second-order valence-corrected chi connectivity index (χ2v) is 6.88. The molecule has 0 amide bonds. The fraction of sp³-hybridized carbons (Fsp3) is 0.192. The number of aliphatic carboxylic acids is 1. The number of carbonyl (C=O) groups is 1. The molecule has 3 aromatic carbocycles. The predicted octanol–water partition coefficient (Wildman–Crippen LogP) is 5.72. The van der Waals surface area contributed by atoms with Gasteiger partial charge in [-0.1, -0.05) is 78.9 Å². The van der Waals surface area contributed by atoms with Crippen LogP contribution >= 0.6 is 0 Å². The van der Waals surface area contributed by atoms with Gasteiger partial charge in [0, 0.05) is 11.1 Å². The van der Waals surface area contributed by atoms with Crippen LogP contribution in [0.25, 0.3) is 12.2 Å². The number of benzene rings is 3. The van der Waals surface area contributed by atoms with Crippen molar-refractivity contribution in [3.8, 4) is 11.5 Å². The number of hydrogen-bond acceptors (Lipinski definition) is 3. The van der Waals surface area contributed by atoms with E-state index in [-0.39, 0.29) is 6.61 Å². The van der Waals surface area contributed by atoms with Crippen molar-refractivity contribution in [2.45, 2.75) is 19.3 Å². The molecular weight excluding hydrogens is 376 g/mol. The van der Waals surface area contributed by atoms with Crippen molar-refractivity contribution in [2.75, 3.05) is 13.2 Å². The molecule has 0 aliphatic rings. The molecule has 0 aromatic heterocycles. The summed E-state index contributed by atoms with van der Waals surface area (Å²) < 4.78 is 11.4. The van der Waals surface area contributed by atoms with Crippen LogP contribution in [0.2, 0.25) is 0 Å². The molecule has 0 aliphatic carbocycles. The molecule has 3 rings (SSSR count). The molecule has 0 unspecified atom stereocenters. The van der Waals surface area contributed by atoms with Gasteiger partial charge in [0.2, 0.25) is 0 Å². The van der Waals surface area contributed by atoms with Gasteiger partial charge < -0.3 is 14.6 Å². The molecule has 0 saturated heterocycles. The predicted molar refractivity (Wildman–Crippen MR) is 120 cm³/mol. The zero-order chi connectivity index (χ0) is 21.0. The Labute approximate surface area is 177 Å². The highest BCUT2D eigenvalue weighted by molar-refractivity contribution is 5.75. The fourth-order valence-electron chi connectivity index (χ4n) is 3.08. The summed E-state index contributed by atoms with van der Waals surface area (Å²) in [4.78, 5) is 10.8. The summed E-state index contributed by atoms with van der Waals surface area (Å²) in [5.74, 6) is 0.368. The Bertz CT molecular complexity index is 964. The summed E-state index contributed by atoms with van der Waals surface area (Å²) in [5.41, 5.74) is 3.13. The van der Waals surface area contributed by atoms with E-state index in [9.17, 15) is 4.79 Å². The summed E-state index contributed by atoms with van der Waals surface area (Å²) in [5, 5.41) is 8.84. The van der Waals surface area contributed by atoms with Gasteiger partial charge >= 0.3 is 5.97 Å². The lowest BCUT2D eigenvalue weighted by Crippen LogP contribution is -2.09. The van der Waals surface area contributed by atoms with Gasteiger partial charge in [-0.2, -0.15) is 0 Å². The Kier molecular flexibility index (Phi) is 8.10. The number of carboxylic acids is 1. The highest BCUT2D eigenvalue weighted by atomic mass is 16.5.